The first-order valence-corrected chi connectivity index (χ1v) is 11.4. The zero-order chi connectivity index (χ0) is 20.5. The maximum Gasteiger partial charge on any atom is 0.175 e. The predicted molar refractivity (Wildman–Crippen MR) is 114 cm³/mol. The van der Waals surface area contributed by atoms with Crippen LogP contribution in [0, 0.1) is 0 Å². The van der Waals surface area contributed by atoms with Crippen LogP contribution in [0.25, 0.3) is 0 Å². The highest BCUT2D eigenvalue weighted by molar-refractivity contribution is 7.99. The van der Waals surface area contributed by atoms with Crippen LogP contribution in [0.3, 0.4) is 0 Å². The molecule has 3 aliphatic heterocycles. The molecule has 3 aliphatic rings. The van der Waals surface area contributed by atoms with Crippen LogP contribution < -0.4 is 14.5 Å². The van der Waals surface area contributed by atoms with E-state index in [9.17, 15) is 5.11 Å². The van der Waals surface area contributed by atoms with E-state index in [0.717, 1.165) is 66.2 Å². The van der Waals surface area contributed by atoms with Crippen molar-refractivity contribution >= 4 is 23.4 Å². The van der Waals surface area contributed by atoms with E-state index in [4.69, 9.17) is 14.5 Å². The quantitative estimate of drug-likeness (QED) is 0.770. The van der Waals surface area contributed by atoms with Crippen LogP contribution in [0.4, 0.5) is 11.6 Å². The molecule has 0 radical (unpaired) electrons. The minimum Gasteiger partial charge on any atom is -0.486 e. The molecule has 2 atom stereocenters. The van der Waals surface area contributed by atoms with Gasteiger partial charge in [0, 0.05) is 32.9 Å². The molecular formula is C21H27N5O3S. The summed E-state index contributed by atoms with van der Waals surface area (Å²) in [5.74, 6) is 2.47. The van der Waals surface area contributed by atoms with E-state index in [1.54, 1.807) is 13.3 Å². The zero-order valence-corrected chi connectivity index (χ0v) is 18.0. The summed E-state index contributed by atoms with van der Waals surface area (Å²) < 4.78 is 11.7. The van der Waals surface area contributed by atoms with E-state index < -0.39 is 0 Å². The Labute approximate surface area is 180 Å². The Kier molecular flexibility index (Phi) is 5.66. The molecule has 8 nitrogen and oxygen atoms in total. The minimum absolute atomic E-state index is 0.119. The number of aliphatic hydroxyl groups excluding tert-OH is 1. The molecule has 5 heterocycles. The summed E-state index contributed by atoms with van der Waals surface area (Å²) in [7, 11) is 1.76. The number of ether oxygens (including phenoxy) is 2. The van der Waals surface area contributed by atoms with Crippen LogP contribution >= 0.6 is 11.8 Å². The number of nitrogens with zero attached hydrogens (tertiary/aromatic N) is 5. The molecule has 160 valence electrons. The van der Waals surface area contributed by atoms with Crippen molar-refractivity contribution < 1.29 is 14.6 Å². The van der Waals surface area contributed by atoms with E-state index in [1.807, 2.05) is 12.3 Å². The number of rotatable bonds is 5. The van der Waals surface area contributed by atoms with Crippen molar-refractivity contribution in [2.45, 2.75) is 54.4 Å². The van der Waals surface area contributed by atoms with Gasteiger partial charge >= 0.3 is 0 Å². The Morgan fingerprint density at radius 2 is 2.10 bits per heavy atom. The molecule has 0 unspecified atom stereocenters. The third-order valence-corrected chi connectivity index (χ3v) is 7.02. The lowest BCUT2D eigenvalue weighted by atomic mass is 10.1. The van der Waals surface area contributed by atoms with Gasteiger partial charge in [-0.3, -0.25) is 0 Å². The van der Waals surface area contributed by atoms with Gasteiger partial charge in [-0.1, -0.05) is 11.8 Å². The Morgan fingerprint density at radius 1 is 1.23 bits per heavy atom. The van der Waals surface area contributed by atoms with Gasteiger partial charge in [0.05, 0.1) is 29.8 Å². The number of piperidine rings is 1. The lowest BCUT2D eigenvalue weighted by molar-refractivity contribution is 0.116. The van der Waals surface area contributed by atoms with Crippen molar-refractivity contribution in [3.8, 4) is 5.75 Å². The summed E-state index contributed by atoms with van der Waals surface area (Å²) in [5, 5.41) is 10.6. The molecular weight excluding hydrogens is 402 g/mol. The summed E-state index contributed by atoms with van der Waals surface area (Å²) in [6.45, 7) is 3.29. The van der Waals surface area contributed by atoms with Crippen LogP contribution in [0.1, 0.15) is 31.4 Å². The standard InChI is InChI=1S/C21H27N5O3S/c1-28-15-9-14-13-29-19-17(5-6-22-21(19)26(14)11-15)30-18-10-23-20(16(12-27)24-18)25-7-3-2-4-8-25/h5-6,10,14-15,27H,2-4,7-9,11-13H2,1H3/t14-,15-/m0/s1. The van der Waals surface area contributed by atoms with Crippen molar-refractivity contribution in [2.24, 2.45) is 0 Å². The average Bonchev–Trinajstić information content (AvgIpc) is 3.24. The Balaban J connectivity index is 1.40. The predicted octanol–water partition coefficient (Wildman–Crippen LogP) is 2.49. The second-order valence-electron chi connectivity index (χ2n) is 7.96. The molecule has 1 N–H and O–H groups in total. The van der Waals surface area contributed by atoms with E-state index >= 15 is 0 Å². The third kappa shape index (κ3) is 3.70. The second-order valence-corrected chi connectivity index (χ2v) is 9.02. The summed E-state index contributed by atoms with van der Waals surface area (Å²) in [6.07, 6.45) is 8.35. The largest absolute Gasteiger partial charge is 0.486 e. The first-order chi connectivity index (χ1) is 14.8. The van der Waals surface area contributed by atoms with Gasteiger partial charge in [-0.15, -0.1) is 0 Å². The molecule has 0 bridgehead atoms. The Bertz CT molecular complexity index is 908. The third-order valence-electron chi connectivity index (χ3n) is 6.07. The molecule has 30 heavy (non-hydrogen) atoms. The fourth-order valence-electron chi connectivity index (χ4n) is 4.52. The van der Waals surface area contributed by atoms with Crippen LogP contribution in [-0.2, 0) is 11.3 Å². The second kappa shape index (κ2) is 8.56. The van der Waals surface area contributed by atoms with Crippen LogP contribution in [0.5, 0.6) is 5.75 Å². The van der Waals surface area contributed by atoms with Gasteiger partial charge < -0.3 is 24.4 Å². The minimum atomic E-state index is -0.119. The van der Waals surface area contributed by atoms with E-state index in [2.05, 4.69) is 19.8 Å². The molecule has 2 aromatic rings. The van der Waals surface area contributed by atoms with Gasteiger partial charge in [-0.05, 0) is 31.7 Å². The number of methoxy groups -OCH3 is 1. The van der Waals surface area contributed by atoms with E-state index in [-0.39, 0.29) is 12.7 Å². The molecule has 9 heteroatoms. The highest BCUT2D eigenvalue weighted by Gasteiger charge is 2.39. The number of hydrogen-bond acceptors (Lipinski definition) is 9. The molecule has 2 aromatic heterocycles. The van der Waals surface area contributed by atoms with Crippen LogP contribution in [0.2, 0.25) is 0 Å². The smallest absolute Gasteiger partial charge is 0.175 e. The van der Waals surface area contributed by atoms with Gasteiger partial charge in [0.25, 0.3) is 0 Å². The molecule has 2 fully saturated rings. The number of aliphatic hydroxyl groups is 1. The summed E-state index contributed by atoms with van der Waals surface area (Å²) in [6, 6.07) is 2.26. The number of pyridine rings is 1. The van der Waals surface area contributed by atoms with Crippen molar-refractivity contribution in [1.82, 2.24) is 15.0 Å². The lowest BCUT2D eigenvalue weighted by Gasteiger charge is -2.32. The van der Waals surface area contributed by atoms with Crippen molar-refractivity contribution in [2.75, 3.05) is 43.2 Å². The number of fused-ring (bicyclic) bond motifs is 3. The maximum absolute atomic E-state index is 9.89. The zero-order valence-electron chi connectivity index (χ0n) is 17.2. The molecule has 0 aromatic carbocycles. The monoisotopic (exact) mass is 429 g/mol. The van der Waals surface area contributed by atoms with E-state index in [1.165, 1.54) is 18.2 Å². The molecule has 0 amide bonds. The average molecular weight is 430 g/mol. The fourth-order valence-corrected chi connectivity index (χ4v) is 5.38. The van der Waals surface area contributed by atoms with Crippen molar-refractivity contribution in [3.63, 3.8) is 0 Å². The first kappa shape index (κ1) is 19.8. The van der Waals surface area contributed by atoms with Crippen LogP contribution in [-0.4, -0.2) is 65.6 Å². The number of anilines is 2. The lowest BCUT2D eigenvalue weighted by Crippen LogP contribution is -2.39. The summed E-state index contributed by atoms with van der Waals surface area (Å²) in [4.78, 5) is 19.4. The summed E-state index contributed by atoms with van der Waals surface area (Å²) in [5.41, 5.74) is 0.633. The molecule has 0 aliphatic carbocycles. The first-order valence-electron chi connectivity index (χ1n) is 10.6. The normalized spacial score (nSPS) is 23.1. The molecule has 0 saturated carbocycles. The SMILES string of the molecule is CO[C@H]1C[C@H]2COc3c(Sc4cnc(N5CCCCC5)c(CO)n4)ccnc3N2C1. The van der Waals surface area contributed by atoms with Gasteiger partial charge in [-0.25, -0.2) is 15.0 Å². The topological polar surface area (TPSA) is 83.8 Å². The van der Waals surface area contributed by atoms with Crippen molar-refractivity contribution in [3.05, 3.63) is 24.2 Å². The number of hydrogen-bond donors (Lipinski definition) is 1. The Hall–Kier alpha value is -2.10. The fraction of sp³-hybridized carbons (Fsp3) is 0.571. The Morgan fingerprint density at radius 3 is 2.90 bits per heavy atom. The number of aromatic nitrogens is 3. The van der Waals surface area contributed by atoms with Gasteiger partial charge in [0.2, 0.25) is 0 Å². The van der Waals surface area contributed by atoms with Gasteiger partial charge in [-0.2, -0.15) is 0 Å². The molecule has 2 saturated heterocycles. The van der Waals surface area contributed by atoms with Gasteiger partial charge in [0.1, 0.15) is 17.3 Å². The maximum atomic E-state index is 9.89. The molecule has 5 rings (SSSR count). The highest BCUT2D eigenvalue weighted by atomic mass is 32.2. The molecule has 0 spiro atoms. The highest BCUT2D eigenvalue weighted by Crippen LogP contribution is 2.44. The summed E-state index contributed by atoms with van der Waals surface area (Å²) >= 11 is 1.50. The van der Waals surface area contributed by atoms with Crippen LogP contribution in [0.15, 0.2) is 28.4 Å². The van der Waals surface area contributed by atoms with E-state index in [0.29, 0.717) is 18.3 Å². The van der Waals surface area contributed by atoms with Gasteiger partial charge in [0.15, 0.2) is 17.4 Å². The van der Waals surface area contributed by atoms with Crippen molar-refractivity contribution in [1.29, 1.82) is 0 Å².